The summed E-state index contributed by atoms with van der Waals surface area (Å²) in [5, 5.41) is 4.39. The lowest BCUT2D eigenvalue weighted by molar-refractivity contribution is -0.123. The van der Waals surface area contributed by atoms with Gasteiger partial charge in [-0.05, 0) is 44.4 Å². The maximum absolute atomic E-state index is 12.7. The zero-order valence-electron chi connectivity index (χ0n) is 16.6. The molecule has 1 aromatic carbocycles. The van der Waals surface area contributed by atoms with Crippen molar-refractivity contribution in [3.05, 3.63) is 29.3 Å². The summed E-state index contributed by atoms with van der Waals surface area (Å²) in [7, 11) is -3.78. The molecule has 29 heavy (non-hydrogen) atoms. The lowest BCUT2D eigenvalue weighted by Crippen LogP contribution is -2.41. The van der Waals surface area contributed by atoms with E-state index in [4.69, 9.17) is 4.74 Å². The molecule has 3 amide bonds. The number of carbonyl (C=O) groups is 3. The second-order valence-corrected chi connectivity index (χ2v) is 8.63. The Bertz CT molecular complexity index is 863. The smallest absolute Gasteiger partial charge is 0.338 e. The highest BCUT2D eigenvalue weighted by atomic mass is 32.2. The molecule has 0 aromatic heterocycles. The van der Waals surface area contributed by atoms with E-state index in [2.05, 4.69) is 10.0 Å². The van der Waals surface area contributed by atoms with E-state index in [1.807, 2.05) is 5.32 Å². The number of ether oxygens (including phenoxy) is 1. The highest BCUT2D eigenvalue weighted by Gasteiger charge is 2.24. The fraction of sp³-hybridized carbons (Fsp3) is 0.526. The number of hydrogen-bond acceptors (Lipinski definition) is 6. The van der Waals surface area contributed by atoms with Gasteiger partial charge in [0.1, 0.15) is 0 Å². The number of carbonyl (C=O) groups excluding carboxylic acids is 3. The van der Waals surface area contributed by atoms with Crippen LogP contribution >= 0.6 is 0 Å². The van der Waals surface area contributed by atoms with Gasteiger partial charge in [0.25, 0.3) is 5.91 Å². The zero-order valence-corrected chi connectivity index (χ0v) is 17.4. The average Bonchev–Trinajstić information content (AvgIpc) is 2.67. The van der Waals surface area contributed by atoms with Crippen molar-refractivity contribution in [1.29, 1.82) is 0 Å². The van der Waals surface area contributed by atoms with Crippen molar-refractivity contribution in [2.75, 3.05) is 13.2 Å². The minimum absolute atomic E-state index is 0.0348. The van der Waals surface area contributed by atoms with Crippen LogP contribution in [0.4, 0.5) is 4.79 Å². The van der Waals surface area contributed by atoms with Crippen molar-refractivity contribution in [2.45, 2.75) is 56.9 Å². The van der Waals surface area contributed by atoms with Gasteiger partial charge >= 0.3 is 12.0 Å². The first kappa shape index (κ1) is 22.8. The van der Waals surface area contributed by atoms with Gasteiger partial charge in [-0.25, -0.2) is 22.7 Å². The number of nitrogens with one attached hydrogen (secondary N) is 3. The zero-order chi connectivity index (χ0) is 21.4. The van der Waals surface area contributed by atoms with E-state index >= 15 is 0 Å². The summed E-state index contributed by atoms with van der Waals surface area (Å²) in [5.41, 5.74) is 0.554. The highest BCUT2D eigenvalue weighted by Crippen LogP contribution is 2.21. The summed E-state index contributed by atoms with van der Waals surface area (Å²) in [6.07, 6.45) is 4.65. The van der Waals surface area contributed by atoms with Crippen LogP contribution in [0.3, 0.4) is 0 Å². The normalized spacial score (nSPS) is 14.8. The molecule has 0 saturated heterocycles. The molecule has 3 N–H and O–H groups in total. The van der Waals surface area contributed by atoms with Gasteiger partial charge < -0.3 is 10.1 Å². The number of urea groups is 1. The molecule has 0 atom stereocenters. The molecule has 0 radical (unpaired) electrons. The number of hydrogen-bond donors (Lipinski definition) is 3. The van der Waals surface area contributed by atoms with Crippen LogP contribution in [-0.4, -0.2) is 45.5 Å². The molecule has 160 valence electrons. The molecule has 1 aliphatic carbocycles. The summed E-state index contributed by atoms with van der Waals surface area (Å²) in [6, 6.07) is 3.39. The first-order chi connectivity index (χ1) is 13.7. The molecular formula is C19H27N3O6S. The van der Waals surface area contributed by atoms with Gasteiger partial charge in [-0.3, -0.25) is 10.1 Å². The highest BCUT2D eigenvalue weighted by molar-refractivity contribution is 7.89. The first-order valence-electron chi connectivity index (χ1n) is 9.60. The number of esters is 1. The summed E-state index contributed by atoms with van der Waals surface area (Å²) in [6.45, 7) is 3.01. The number of aryl methyl sites for hydroxylation is 1. The molecular weight excluding hydrogens is 398 g/mol. The fourth-order valence-corrected chi connectivity index (χ4v) is 4.40. The molecule has 1 saturated carbocycles. The molecule has 0 spiro atoms. The molecule has 2 rings (SSSR count). The van der Waals surface area contributed by atoms with Crippen LogP contribution in [0.25, 0.3) is 0 Å². The third-order valence-electron chi connectivity index (χ3n) is 4.59. The van der Waals surface area contributed by atoms with Gasteiger partial charge in [0.05, 0.1) is 10.5 Å². The Morgan fingerprint density at radius 2 is 1.83 bits per heavy atom. The third-order valence-corrected chi connectivity index (χ3v) is 6.11. The molecule has 10 heteroatoms. The molecule has 0 aliphatic heterocycles. The third kappa shape index (κ3) is 6.82. The van der Waals surface area contributed by atoms with Crippen molar-refractivity contribution in [2.24, 2.45) is 0 Å². The van der Waals surface area contributed by atoms with Crippen molar-refractivity contribution in [1.82, 2.24) is 15.4 Å². The maximum Gasteiger partial charge on any atom is 0.338 e. The topological polar surface area (TPSA) is 131 Å². The summed E-state index contributed by atoms with van der Waals surface area (Å²) < 4.78 is 32.9. The lowest BCUT2D eigenvalue weighted by Gasteiger charge is -2.22. The first-order valence-corrected chi connectivity index (χ1v) is 11.1. The number of amides is 3. The number of imide groups is 1. The van der Waals surface area contributed by atoms with Crippen LogP contribution in [0.5, 0.6) is 0 Å². The predicted molar refractivity (Wildman–Crippen MR) is 106 cm³/mol. The second kappa shape index (κ2) is 10.4. The van der Waals surface area contributed by atoms with E-state index in [0.29, 0.717) is 12.1 Å². The standard InChI is InChI=1S/C19H27N3O6S/c1-3-20-19(25)21-17(23)12-28-18(24)16-11-15(10-9-13(16)2)29(26,27)22-14-7-5-4-6-8-14/h9-11,14,22H,3-8,12H2,1-2H3,(H2,20,21,23,25). The average molecular weight is 426 g/mol. The molecule has 1 fully saturated rings. The van der Waals surface area contributed by atoms with Crippen molar-refractivity contribution < 1.29 is 27.5 Å². The molecule has 0 heterocycles. The van der Waals surface area contributed by atoms with E-state index < -0.39 is 34.5 Å². The van der Waals surface area contributed by atoms with Gasteiger partial charge in [-0.2, -0.15) is 0 Å². The molecule has 1 aliphatic rings. The monoisotopic (exact) mass is 425 g/mol. The van der Waals surface area contributed by atoms with Gasteiger partial charge in [-0.15, -0.1) is 0 Å². The van der Waals surface area contributed by atoms with E-state index in [-0.39, 0.29) is 16.5 Å². The van der Waals surface area contributed by atoms with Crippen LogP contribution in [0.2, 0.25) is 0 Å². The quantitative estimate of drug-likeness (QED) is 0.569. The summed E-state index contributed by atoms with van der Waals surface area (Å²) in [5.74, 6) is -1.63. The Hall–Kier alpha value is -2.46. The van der Waals surface area contributed by atoms with Crippen molar-refractivity contribution in [3.63, 3.8) is 0 Å². The van der Waals surface area contributed by atoms with E-state index in [1.54, 1.807) is 13.8 Å². The van der Waals surface area contributed by atoms with Gasteiger partial charge in [0.2, 0.25) is 10.0 Å². The Kier molecular flexibility index (Phi) is 8.15. The number of sulfonamides is 1. The van der Waals surface area contributed by atoms with Crippen molar-refractivity contribution in [3.8, 4) is 0 Å². The summed E-state index contributed by atoms with van der Waals surface area (Å²) in [4.78, 5) is 35.2. The Morgan fingerprint density at radius 3 is 2.48 bits per heavy atom. The lowest BCUT2D eigenvalue weighted by atomic mass is 9.96. The van der Waals surface area contributed by atoms with E-state index in [0.717, 1.165) is 32.1 Å². The summed E-state index contributed by atoms with van der Waals surface area (Å²) >= 11 is 0. The SMILES string of the molecule is CCNC(=O)NC(=O)COC(=O)c1cc(S(=O)(=O)NC2CCCCC2)ccc1C. The minimum Gasteiger partial charge on any atom is -0.452 e. The number of rotatable bonds is 7. The Balaban J connectivity index is 2.04. The van der Waals surface area contributed by atoms with Crippen LogP contribution in [0.15, 0.2) is 23.1 Å². The van der Waals surface area contributed by atoms with Crippen molar-refractivity contribution >= 4 is 27.9 Å². The second-order valence-electron chi connectivity index (χ2n) is 6.92. The van der Waals surface area contributed by atoms with Crippen LogP contribution in [0.1, 0.15) is 54.9 Å². The van der Waals surface area contributed by atoms with E-state index in [9.17, 15) is 22.8 Å². The Morgan fingerprint density at radius 1 is 1.14 bits per heavy atom. The van der Waals surface area contributed by atoms with Gasteiger partial charge in [-0.1, -0.05) is 25.3 Å². The maximum atomic E-state index is 12.7. The molecule has 1 aromatic rings. The van der Waals surface area contributed by atoms with E-state index in [1.165, 1.54) is 18.2 Å². The largest absolute Gasteiger partial charge is 0.452 e. The van der Waals surface area contributed by atoms with Gasteiger partial charge in [0, 0.05) is 12.6 Å². The minimum atomic E-state index is -3.78. The molecule has 0 unspecified atom stereocenters. The van der Waals surface area contributed by atoms with Crippen LogP contribution < -0.4 is 15.4 Å². The van der Waals surface area contributed by atoms with Crippen LogP contribution in [0, 0.1) is 6.92 Å². The number of benzene rings is 1. The fourth-order valence-electron chi connectivity index (χ4n) is 3.07. The predicted octanol–water partition coefficient (Wildman–Crippen LogP) is 1.61. The van der Waals surface area contributed by atoms with Gasteiger partial charge in [0.15, 0.2) is 6.61 Å². The molecule has 0 bridgehead atoms. The molecule has 9 nitrogen and oxygen atoms in total. The Labute approximate surface area is 170 Å². The van der Waals surface area contributed by atoms with Crippen LogP contribution in [-0.2, 0) is 19.6 Å².